The SMILES string of the molecule is CCC(CC)CC(C)(O)CC1COCCN1. The summed E-state index contributed by atoms with van der Waals surface area (Å²) in [5, 5.41) is 13.8. The van der Waals surface area contributed by atoms with Gasteiger partial charge in [0.2, 0.25) is 0 Å². The van der Waals surface area contributed by atoms with Gasteiger partial charge in [-0.05, 0) is 25.7 Å². The number of rotatable bonds is 6. The molecule has 1 heterocycles. The number of nitrogens with one attached hydrogen (secondary N) is 1. The maximum atomic E-state index is 10.4. The molecular formula is C13H27NO2. The van der Waals surface area contributed by atoms with Crippen LogP contribution < -0.4 is 5.32 Å². The van der Waals surface area contributed by atoms with Crippen LogP contribution in [0.25, 0.3) is 0 Å². The third-order valence-corrected chi connectivity index (χ3v) is 3.57. The van der Waals surface area contributed by atoms with E-state index in [4.69, 9.17) is 4.74 Å². The molecule has 0 aliphatic carbocycles. The van der Waals surface area contributed by atoms with Gasteiger partial charge in [0, 0.05) is 12.6 Å². The summed E-state index contributed by atoms with van der Waals surface area (Å²) in [4.78, 5) is 0. The number of hydrogen-bond donors (Lipinski definition) is 2. The first-order valence-electron chi connectivity index (χ1n) is 6.61. The number of ether oxygens (including phenoxy) is 1. The Kier molecular flexibility index (Phi) is 5.73. The normalized spacial score (nSPS) is 25.7. The van der Waals surface area contributed by atoms with E-state index in [2.05, 4.69) is 19.2 Å². The summed E-state index contributed by atoms with van der Waals surface area (Å²) in [5.41, 5.74) is -0.560. The molecule has 0 amide bonds. The molecule has 96 valence electrons. The Morgan fingerprint density at radius 2 is 2.12 bits per heavy atom. The predicted molar refractivity (Wildman–Crippen MR) is 66.5 cm³/mol. The highest BCUT2D eigenvalue weighted by Crippen LogP contribution is 2.26. The molecule has 16 heavy (non-hydrogen) atoms. The Balaban J connectivity index is 2.36. The molecule has 0 radical (unpaired) electrons. The van der Waals surface area contributed by atoms with Crippen LogP contribution in [0.3, 0.4) is 0 Å². The van der Waals surface area contributed by atoms with Gasteiger partial charge in [-0.1, -0.05) is 26.7 Å². The van der Waals surface area contributed by atoms with Crippen molar-refractivity contribution in [1.29, 1.82) is 0 Å². The van der Waals surface area contributed by atoms with Gasteiger partial charge in [-0.25, -0.2) is 0 Å². The summed E-state index contributed by atoms with van der Waals surface area (Å²) < 4.78 is 5.41. The minimum Gasteiger partial charge on any atom is -0.390 e. The van der Waals surface area contributed by atoms with E-state index in [1.54, 1.807) is 0 Å². The average molecular weight is 229 g/mol. The fourth-order valence-corrected chi connectivity index (χ4v) is 2.56. The quantitative estimate of drug-likeness (QED) is 0.731. The van der Waals surface area contributed by atoms with Crippen LogP contribution in [-0.4, -0.2) is 36.5 Å². The summed E-state index contributed by atoms with van der Waals surface area (Å²) in [6.07, 6.45) is 4.00. The summed E-state index contributed by atoms with van der Waals surface area (Å²) in [6.45, 7) is 8.80. The Labute approximate surface area is 99.6 Å². The molecule has 3 heteroatoms. The number of aliphatic hydroxyl groups is 1. The molecule has 2 N–H and O–H groups in total. The Hall–Kier alpha value is -0.120. The van der Waals surface area contributed by atoms with E-state index in [0.717, 1.165) is 45.4 Å². The largest absolute Gasteiger partial charge is 0.390 e. The van der Waals surface area contributed by atoms with E-state index in [1.807, 2.05) is 6.92 Å². The van der Waals surface area contributed by atoms with Crippen molar-refractivity contribution in [2.75, 3.05) is 19.8 Å². The second-order valence-electron chi connectivity index (χ2n) is 5.31. The van der Waals surface area contributed by atoms with Crippen LogP contribution in [0.4, 0.5) is 0 Å². The zero-order valence-corrected chi connectivity index (χ0v) is 11.0. The lowest BCUT2D eigenvalue weighted by atomic mass is 9.84. The van der Waals surface area contributed by atoms with Crippen LogP contribution in [0.5, 0.6) is 0 Å². The lowest BCUT2D eigenvalue weighted by Gasteiger charge is -2.33. The molecule has 3 nitrogen and oxygen atoms in total. The van der Waals surface area contributed by atoms with Crippen LogP contribution in [-0.2, 0) is 4.74 Å². The molecule has 1 saturated heterocycles. The number of hydrogen-bond acceptors (Lipinski definition) is 3. The summed E-state index contributed by atoms with van der Waals surface area (Å²) in [7, 11) is 0. The van der Waals surface area contributed by atoms with Crippen molar-refractivity contribution in [2.24, 2.45) is 5.92 Å². The first-order chi connectivity index (χ1) is 7.57. The van der Waals surface area contributed by atoms with Crippen LogP contribution >= 0.6 is 0 Å². The van der Waals surface area contributed by atoms with Gasteiger partial charge < -0.3 is 15.2 Å². The molecule has 0 spiro atoms. The summed E-state index contributed by atoms with van der Waals surface area (Å²) >= 11 is 0. The molecule has 1 aliphatic heterocycles. The Morgan fingerprint density at radius 3 is 2.62 bits per heavy atom. The van der Waals surface area contributed by atoms with Gasteiger partial charge in [-0.15, -0.1) is 0 Å². The maximum Gasteiger partial charge on any atom is 0.0638 e. The van der Waals surface area contributed by atoms with Crippen molar-refractivity contribution >= 4 is 0 Å². The monoisotopic (exact) mass is 229 g/mol. The van der Waals surface area contributed by atoms with Gasteiger partial charge >= 0.3 is 0 Å². The molecule has 0 bridgehead atoms. The highest BCUT2D eigenvalue weighted by atomic mass is 16.5. The third kappa shape index (κ3) is 4.81. The number of morpholine rings is 1. The molecule has 0 aromatic rings. The maximum absolute atomic E-state index is 10.4. The fourth-order valence-electron chi connectivity index (χ4n) is 2.56. The van der Waals surface area contributed by atoms with Crippen molar-refractivity contribution in [2.45, 2.75) is 58.1 Å². The smallest absolute Gasteiger partial charge is 0.0638 e. The summed E-state index contributed by atoms with van der Waals surface area (Å²) in [5.74, 6) is 0.638. The van der Waals surface area contributed by atoms with E-state index in [0.29, 0.717) is 12.0 Å². The molecule has 1 aliphatic rings. The molecule has 0 saturated carbocycles. The van der Waals surface area contributed by atoms with Crippen molar-refractivity contribution in [3.8, 4) is 0 Å². The van der Waals surface area contributed by atoms with Gasteiger partial charge in [-0.3, -0.25) is 0 Å². The lowest BCUT2D eigenvalue weighted by Crippen LogP contribution is -2.46. The first kappa shape index (κ1) is 13.9. The second-order valence-corrected chi connectivity index (χ2v) is 5.31. The van der Waals surface area contributed by atoms with E-state index in [1.165, 1.54) is 0 Å². The van der Waals surface area contributed by atoms with E-state index >= 15 is 0 Å². The van der Waals surface area contributed by atoms with Gasteiger partial charge in [0.05, 0.1) is 18.8 Å². The van der Waals surface area contributed by atoms with Gasteiger partial charge in [0.15, 0.2) is 0 Å². The minimum atomic E-state index is -0.560. The van der Waals surface area contributed by atoms with Crippen LogP contribution in [0, 0.1) is 5.92 Å². The third-order valence-electron chi connectivity index (χ3n) is 3.57. The van der Waals surface area contributed by atoms with Gasteiger partial charge in [0.1, 0.15) is 0 Å². The topological polar surface area (TPSA) is 41.5 Å². The molecule has 0 aromatic heterocycles. The highest BCUT2D eigenvalue weighted by molar-refractivity contribution is 4.83. The van der Waals surface area contributed by atoms with Crippen molar-refractivity contribution in [3.05, 3.63) is 0 Å². The molecule has 0 aromatic carbocycles. The van der Waals surface area contributed by atoms with Crippen molar-refractivity contribution < 1.29 is 9.84 Å². The summed E-state index contributed by atoms with van der Waals surface area (Å²) in [6, 6.07) is 0.318. The first-order valence-corrected chi connectivity index (χ1v) is 6.61. The minimum absolute atomic E-state index is 0.318. The van der Waals surface area contributed by atoms with E-state index in [-0.39, 0.29) is 0 Å². The highest BCUT2D eigenvalue weighted by Gasteiger charge is 2.28. The zero-order chi connectivity index (χ0) is 12.0. The average Bonchev–Trinajstić information content (AvgIpc) is 2.26. The predicted octanol–water partition coefficient (Wildman–Crippen LogP) is 1.94. The second kappa shape index (κ2) is 6.58. The Bertz CT molecular complexity index is 184. The molecule has 2 unspecified atom stereocenters. The van der Waals surface area contributed by atoms with E-state index < -0.39 is 5.60 Å². The van der Waals surface area contributed by atoms with Gasteiger partial charge in [-0.2, -0.15) is 0 Å². The zero-order valence-electron chi connectivity index (χ0n) is 11.0. The molecule has 1 rings (SSSR count). The molecular weight excluding hydrogens is 202 g/mol. The lowest BCUT2D eigenvalue weighted by molar-refractivity contribution is -0.00989. The van der Waals surface area contributed by atoms with Crippen LogP contribution in [0.15, 0.2) is 0 Å². The molecule has 1 fully saturated rings. The van der Waals surface area contributed by atoms with Gasteiger partial charge in [0.25, 0.3) is 0 Å². The van der Waals surface area contributed by atoms with Crippen molar-refractivity contribution in [1.82, 2.24) is 5.32 Å². The Morgan fingerprint density at radius 1 is 1.44 bits per heavy atom. The van der Waals surface area contributed by atoms with E-state index in [9.17, 15) is 5.11 Å². The van der Waals surface area contributed by atoms with Crippen molar-refractivity contribution in [3.63, 3.8) is 0 Å². The molecule has 2 atom stereocenters. The standard InChI is InChI=1S/C13H27NO2/c1-4-11(5-2)8-13(3,15)9-12-10-16-7-6-14-12/h11-12,14-15H,4-10H2,1-3H3. The van der Waals surface area contributed by atoms with Crippen LogP contribution in [0.1, 0.15) is 46.5 Å². The fraction of sp³-hybridized carbons (Fsp3) is 1.00. The van der Waals surface area contributed by atoms with Crippen LogP contribution in [0.2, 0.25) is 0 Å².